The number of piperidine rings is 1. The molecule has 0 saturated carbocycles. The van der Waals surface area contributed by atoms with Gasteiger partial charge in [0.2, 0.25) is 0 Å². The standard InChI is InChI=1S/C12H15F3N4O/c13-12(14,15)7-3-5-19(6-4-7)11-8(16)1-2-9(18-11)10(17)20/h1-2,7H,3-6,16H2,(H2,17,20). The lowest BCUT2D eigenvalue weighted by molar-refractivity contribution is -0.179. The van der Waals surface area contributed by atoms with Crippen molar-refractivity contribution >= 4 is 17.4 Å². The molecule has 0 aromatic carbocycles. The number of nitrogens with zero attached hydrogens (tertiary/aromatic N) is 2. The highest BCUT2D eigenvalue weighted by atomic mass is 19.4. The van der Waals surface area contributed by atoms with E-state index in [1.807, 2.05) is 0 Å². The van der Waals surface area contributed by atoms with Gasteiger partial charge in [-0.1, -0.05) is 0 Å². The van der Waals surface area contributed by atoms with Crippen LogP contribution in [0.3, 0.4) is 0 Å². The molecular formula is C12H15F3N4O. The number of alkyl halides is 3. The Morgan fingerprint density at radius 3 is 2.40 bits per heavy atom. The van der Waals surface area contributed by atoms with E-state index in [2.05, 4.69) is 4.98 Å². The van der Waals surface area contributed by atoms with Crippen LogP contribution in [0.2, 0.25) is 0 Å². The van der Waals surface area contributed by atoms with Gasteiger partial charge in [-0.2, -0.15) is 13.2 Å². The Morgan fingerprint density at radius 2 is 1.90 bits per heavy atom. The van der Waals surface area contributed by atoms with Gasteiger partial charge in [-0.15, -0.1) is 0 Å². The van der Waals surface area contributed by atoms with Gasteiger partial charge in [0.25, 0.3) is 5.91 Å². The van der Waals surface area contributed by atoms with Gasteiger partial charge >= 0.3 is 6.18 Å². The fourth-order valence-corrected chi connectivity index (χ4v) is 2.27. The van der Waals surface area contributed by atoms with Crippen molar-refractivity contribution in [1.29, 1.82) is 0 Å². The third-order valence-electron chi connectivity index (χ3n) is 3.42. The van der Waals surface area contributed by atoms with E-state index in [0.717, 1.165) is 0 Å². The summed E-state index contributed by atoms with van der Waals surface area (Å²) in [6, 6.07) is 2.88. The lowest BCUT2D eigenvalue weighted by atomic mass is 9.96. The van der Waals surface area contributed by atoms with Crippen LogP contribution in [0.4, 0.5) is 24.7 Å². The van der Waals surface area contributed by atoms with E-state index in [-0.39, 0.29) is 31.6 Å². The largest absolute Gasteiger partial charge is 0.396 e. The van der Waals surface area contributed by atoms with E-state index < -0.39 is 18.0 Å². The van der Waals surface area contributed by atoms with Gasteiger partial charge in [-0.25, -0.2) is 4.98 Å². The van der Waals surface area contributed by atoms with Crippen molar-refractivity contribution in [3.05, 3.63) is 17.8 Å². The zero-order valence-corrected chi connectivity index (χ0v) is 10.7. The summed E-state index contributed by atoms with van der Waals surface area (Å²) in [5.41, 5.74) is 11.3. The summed E-state index contributed by atoms with van der Waals surface area (Å²) in [6.07, 6.45) is -4.18. The topological polar surface area (TPSA) is 85.2 Å². The minimum absolute atomic E-state index is 0.00851. The summed E-state index contributed by atoms with van der Waals surface area (Å²) in [5, 5.41) is 0. The summed E-state index contributed by atoms with van der Waals surface area (Å²) in [5.74, 6) is -1.67. The lowest BCUT2D eigenvalue weighted by Crippen LogP contribution is -2.39. The van der Waals surface area contributed by atoms with Crippen LogP contribution >= 0.6 is 0 Å². The molecule has 1 aliphatic rings. The Kier molecular flexibility index (Phi) is 3.74. The maximum atomic E-state index is 12.6. The highest BCUT2D eigenvalue weighted by Crippen LogP contribution is 2.35. The molecule has 1 aromatic rings. The van der Waals surface area contributed by atoms with Crippen molar-refractivity contribution in [2.75, 3.05) is 23.7 Å². The number of carbonyl (C=O) groups excluding carboxylic acids is 1. The molecule has 8 heteroatoms. The molecule has 1 saturated heterocycles. The van der Waals surface area contributed by atoms with Crippen LogP contribution < -0.4 is 16.4 Å². The van der Waals surface area contributed by atoms with E-state index in [4.69, 9.17) is 11.5 Å². The highest BCUT2D eigenvalue weighted by molar-refractivity contribution is 5.91. The molecule has 2 rings (SSSR count). The number of carbonyl (C=O) groups is 1. The number of pyridine rings is 1. The van der Waals surface area contributed by atoms with Crippen molar-refractivity contribution in [3.63, 3.8) is 0 Å². The smallest absolute Gasteiger partial charge is 0.391 e. The van der Waals surface area contributed by atoms with Crippen LogP contribution in [0.25, 0.3) is 0 Å². The number of nitrogen functional groups attached to an aromatic ring is 1. The Balaban J connectivity index is 2.14. The first-order valence-corrected chi connectivity index (χ1v) is 6.17. The Hall–Kier alpha value is -1.99. The van der Waals surface area contributed by atoms with Crippen LogP contribution in [0.15, 0.2) is 12.1 Å². The predicted octanol–water partition coefficient (Wildman–Crippen LogP) is 1.54. The van der Waals surface area contributed by atoms with Crippen molar-refractivity contribution in [1.82, 2.24) is 4.98 Å². The average Bonchev–Trinajstić information content (AvgIpc) is 2.38. The van der Waals surface area contributed by atoms with Gasteiger partial charge in [-0.05, 0) is 25.0 Å². The van der Waals surface area contributed by atoms with E-state index in [1.54, 1.807) is 4.90 Å². The molecule has 1 aromatic heterocycles. The first kappa shape index (κ1) is 14.4. The second kappa shape index (κ2) is 5.18. The monoisotopic (exact) mass is 288 g/mol. The number of rotatable bonds is 2. The fourth-order valence-electron chi connectivity index (χ4n) is 2.27. The molecule has 0 atom stereocenters. The summed E-state index contributed by atoms with van der Waals surface area (Å²) in [6.45, 7) is 0.396. The number of hydrogen-bond donors (Lipinski definition) is 2. The zero-order chi connectivity index (χ0) is 14.9. The second-order valence-corrected chi connectivity index (χ2v) is 4.78. The number of aromatic nitrogens is 1. The van der Waals surface area contributed by atoms with Crippen molar-refractivity contribution in [3.8, 4) is 0 Å². The molecule has 2 heterocycles. The first-order valence-electron chi connectivity index (χ1n) is 6.17. The number of amides is 1. The van der Waals surface area contributed by atoms with Crippen LogP contribution in [0, 0.1) is 5.92 Å². The van der Waals surface area contributed by atoms with Gasteiger partial charge in [0.1, 0.15) is 5.69 Å². The van der Waals surface area contributed by atoms with Gasteiger partial charge in [0.15, 0.2) is 5.82 Å². The van der Waals surface area contributed by atoms with Gasteiger partial charge < -0.3 is 16.4 Å². The third kappa shape index (κ3) is 2.94. The minimum Gasteiger partial charge on any atom is -0.396 e. The molecule has 20 heavy (non-hydrogen) atoms. The maximum absolute atomic E-state index is 12.6. The van der Waals surface area contributed by atoms with Crippen LogP contribution in [-0.4, -0.2) is 30.2 Å². The number of primary amides is 1. The van der Waals surface area contributed by atoms with E-state index in [1.165, 1.54) is 12.1 Å². The second-order valence-electron chi connectivity index (χ2n) is 4.78. The number of nitrogens with two attached hydrogens (primary N) is 2. The minimum atomic E-state index is -4.17. The number of hydrogen-bond acceptors (Lipinski definition) is 4. The van der Waals surface area contributed by atoms with Crippen LogP contribution in [-0.2, 0) is 0 Å². The Morgan fingerprint density at radius 1 is 1.30 bits per heavy atom. The van der Waals surface area contributed by atoms with Gasteiger partial charge in [-0.3, -0.25) is 4.79 Å². The molecule has 0 unspecified atom stereocenters. The molecule has 0 aliphatic carbocycles. The maximum Gasteiger partial charge on any atom is 0.391 e. The van der Waals surface area contributed by atoms with Gasteiger partial charge in [0.05, 0.1) is 11.6 Å². The molecule has 1 fully saturated rings. The molecule has 5 nitrogen and oxygen atoms in total. The number of halogens is 3. The average molecular weight is 288 g/mol. The summed E-state index contributed by atoms with van der Waals surface area (Å²) >= 11 is 0. The van der Waals surface area contributed by atoms with Crippen molar-refractivity contribution in [2.24, 2.45) is 11.7 Å². The number of anilines is 2. The zero-order valence-electron chi connectivity index (χ0n) is 10.7. The molecule has 0 radical (unpaired) electrons. The molecule has 4 N–H and O–H groups in total. The molecular weight excluding hydrogens is 273 g/mol. The molecule has 1 amide bonds. The Labute approximate surface area is 113 Å². The van der Waals surface area contributed by atoms with E-state index in [9.17, 15) is 18.0 Å². The lowest BCUT2D eigenvalue weighted by Gasteiger charge is -2.34. The normalized spacial score (nSPS) is 17.2. The first-order chi connectivity index (χ1) is 9.29. The summed E-state index contributed by atoms with van der Waals surface area (Å²) < 4.78 is 37.8. The fraction of sp³-hybridized carbons (Fsp3) is 0.500. The molecule has 0 spiro atoms. The highest BCUT2D eigenvalue weighted by Gasteiger charge is 2.41. The van der Waals surface area contributed by atoms with Gasteiger partial charge in [0, 0.05) is 13.1 Å². The molecule has 0 bridgehead atoms. The molecule has 110 valence electrons. The van der Waals surface area contributed by atoms with Crippen molar-refractivity contribution < 1.29 is 18.0 Å². The van der Waals surface area contributed by atoms with Crippen LogP contribution in [0.1, 0.15) is 23.3 Å². The third-order valence-corrected chi connectivity index (χ3v) is 3.42. The summed E-state index contributed by atoms with van der Waals surface area (Å²) in [7, 11) is 0. The summed E-state index contributed by atoms with van der Waals surface area (Å²) in [4.78, 5) is 16.8. The predicted molar refractivity (Wildman–Crippen MR) is 68.2 cm³/mol. The Bertz CT molecular complexity index is 510. The SMILES string of the molecule is NC(=O)c1ccc(N)c(N2CCC(C(F)(F)F)CC2)n1. The van der Waals surface area contributed by atoms with E-state index in [0.29, 0.717) is 11.5 Å². The molecule has 1 aliphatic heterocycles. The van der Waals surface area contributed by atoms with Crippen LogP contribution in [0.5, 0.6) is 0 Å². The van der Waals surface area contributed by atoms with Crippen molar-refractivity contribution in [2.45, 2.75) is 19.0 Å². The quantitative estimate of drug-likeness (QED) is 0.864. The van der Waals surface area contributed by atoms with E-state index >= 15 is 0 Å².